The number of nitrogens with zero attached hydrogens (tertiary/aromatic N) is 1. The molecule has 0 bridgehead atoms. The van der Waals surface area contributed by atoms with Crippen molar-refractivity contribution in [1.82, 2.24) is 4.57 Å². The van der Waals surface area contributed by atoms with Gasteiger partial charge < -0.3 is 4.57 Å². The highest BCUT2D eigenvalue weighted by atomic mass is 32.1. The van der Waals surface area contributed by atoms with Gasteiger partial charge in [-0.3, -0.25) is 0 Å². The topological polar surface area (TPSA) is 4.93 Å². The van der Waals surface area contributed by atoms with Gasteiger partial charge in [-0.05, 0) is 86.6 Å². The summed E-state index contributed by atoms with van der Waals surface area (Å²) in [5, 5.41) is 13.5. The molecule has 0 aliphatic rings. The Morgan fingerprint density at radius 1 is 0.524 bits per heavy atom. The van der Waals surface area contributed by atoms with Gasteiger partial charge in [-0.15, -0.1) is 11.3 Å². The molecule has 0 amide bonds. The number of benzene rings is 7. The van der Waals surface area contributed by atoms with Crippen LogP contribution in [0, 0.1) is 0 Å². The Kier molecular flexibility index (Phi) is 5.09. The monoisotopic (exact) mass is 555 g/mol. The molecule has 2 aromatic heterocycles. The van der Waals surface area contributed by atoms with Crippen LogP contribution in [0.25, 0.3) is 80.0 Å². The second kappa shape index (κ2) is 8.92. The Morgan fingerprint density at radius 3 is 2.14 bits per heavy atom. The van der Waals surface area contributed by atoms with Crippen LogP contribution in [0.5, 0.6) is 0 Å². The largest absolute Gasteiger partial charge is 0.309 e. The third-order valence-electron chi connectivity index (χ3n) is 9.27. The van der Waals surface area contributed by atoms with E-state index in [1.807, 2.05) is 11.3 Å². The third-order valence-corrected chi connectivity index (χ3v) is 10.5. The second-order valence-corrected chi connectivity index (χ2v) is 12.5. The third kappa shape index (κ3) is 3.19. The van der Waals surface area contributed by atoms with Crippen molar-refractivity contribution in [3.63, 3.8) is 0 Å². The van der Waals surface area contributed by atoms with E-state index < -0.39 is 0 Å². The summed E-state index contributed by atoms with van der Waals surface area (Å²) in [5.41, 5.74) is 6.51. The quantitative estimate of drug-likeness (QED) is 0.151. The molecular formula is C40H29NS. The average molecular weight is 556 g/mol. The van der Waals surface area contributed by atoms with E-state index in [1.165, 1.54) is 91.1 Å². The lowest BCUT2D eigenvalue weighted by Gasteiger charge is -2.21. The predicted molar refractivity (Wildman–Crippen MR) is 185 cm³/mol. The Bertz CT molecular complexity index is 2520. The Hall–Kier alpha value is -4.66. The highest BCUT2D eigenvalue weighted by Crippen LogP contribution is 2.45. The summed E-state index contributed by atoms with van der Waals surface area (Å²) < 4.78 is 5.25. The molecule has 0 atom stereocenters. The number of rotatable bonds is 3. The number of fused-ring (bicyclic) bond motifs is 7. The number of aryl methyl sites for hydroxylation is 2. The lowest BCUT2D eigenvalue weighted by atomic mass is 9.92. The van der Waals surface area contributed by atoms with Gasteiger partial charge in [-0.25, -0.2) is 0 Å². The molecule has 0 saturated carbocycles. The normalized spacial score (nSPS) is 12.2. The first-order chi connectivity index (χ1) is 20.7. The molecule has 7 aromatic carbocycles. The highest BCUT2D eigenvalue weighted by Gasteiger charge is 2.19. The zero-order valence-electron chi connectivity index (χ0n) is 23.7. The lowest BCUT2D eigenvalue weighted by molar-refractivity contribution is 1.15. The molecule has 0 fully saturated rings. The Labute approximate surface area is 248 Å². The fourth-order valence-electron chi connectivity index (χ4n) is 7.35. The van der Waals surface area contributed by atoms with E-state index in [-0.39, 0.29) is 0 Å². The maximum Gasteiger partial charge on any atom is 0.0547 e. The van der Waals surface area contributed by atoms with Gasteiger partial charge in [-0.2, -0.15) is 0 Å². The van der Waals surface area contributed by atoms with Crippen LogP contribution in [0.15, 0.2) is 115 Å². The van der Waals surface area contributed by atoms with Gasteiger partial charge in [0.1, 0.15) is 0 Å². The molecule has 0 N–H and O–H groups in total. The van der Waals surface area contributed by atoms with Crippen LogP contribution >= 0.6 is 11.3 Å². The molecule has 0 radical (unpaired) electrons. The van der Waals surface area contributed by atoms with Crippen LogP contribution in [-0.2, 0) is 12.8 Å². The van der Waals surface area contributed by atoms with Gasteiger partial charge in [0.25, 0.3) is 0 Å². The molecule has 2 heterocycles. The van der Waals surface area contributed by atoms with Crippen molar-refractivity contribution < 1.29 is 0 Å². The van der Waals surface area contributed by atoms with Crippen LogP contribution in [0.2, 0.25) is 0 Å². The molecule has 0 spiro atoms. The minimum atomic E-state index is 1.03. The zero-order chi connectivity index (χ0) is 27.9. The summed E-state index contributed by atoms with van der Waals surface area (Å²) in [4.78, 5) is 0. The van der Waals surface area contributed by atoms with Crippen molar-refractivity contribution >= 4 is 85.6 Å². The van der Waals surface area contributed by atoms with Crippen LogP contribution in [0.4, 0.5) is 0 Å². The average Bonchev–Trinajstić information content (AvgIpc) is 3.05. The molecule has 9 rings (SSSR count). The molecular weight excluding hydrogens is 527 g/mol. The zero-order valence-corrected chi connectivity index (χ0v) is 24.6. The first-order valence-electron chi connectivity index (χ1n) is 15.0. The highest BCUT2D eigenvalue weighted by molar-refractivity contribution is 7.25. The van der Waals surface area contributed by atoms with Crippen LogP contribution in [-0.4, -0.2) is 4.57 Å². The van der Waals surface area contributed by atoms with Crippen molar-refractivity contribution in [2.75, 3.05) is 0 Å². The van der Waals surface area contributed by atoms with E-state index in [0.29, 0.717) is 0 Å². The van der Waals surface area contributed by atoms with Gasteiger partial charge in [0.2, 0.25) is 0 Å². The Morgan fingerprint density at radius 2 is 1.31 bits per heavy atom. The smallest absolute Gasteiger partial charge is 0.0547 e. The molecule has 9 aromatic rings. The van der Waals surface area contributed by atoms with E-state index in [9.17, 15) is 0 Å². The van der Waals surface area contributed by atoms with Gasteiger partial charge in [0.05, 0.1) is 11.0 Å². The van der Waals surface area contributed by atoms with E-state index in [0.717, 1.165) is 12.8 Å². The molecule has 42 heavy (non-hydrogen) atoms. The van der Waals surface area contributed by atoms with E-state index >= 15 is 0 Å². The molecule has 0 saturated heterocycles. The van der Waals surface area contributed by atoms with E-state index in [2.05, 4.69) is 134 Å². The summed E-state index contributed by atoms with van der Waals surface area (Å²) >= 11 is 1.96. The van der Waals surface area contributed by atoms with Crippen LogP contribution < -0.4 is 0 Å². The molecule has 200 valence electrons. The summed E-state index contributed by atoms with van der Waals surface area (Å²) in [6.45, 7) is 4.54. The molecule has 1 nitrogen and oxygen atoms in total. The number of pyridine rings is 1. The molecule has 0 aliphatic carbocycles. The summed E-state index contributed by atoms with van der Waals surface area (Å²) in [5.74, 6) is 0. The molecule has 0 unspecified atom stereocenters. The maximum atomic E-state index is 2.47. The number of hydrogen-bond donors (Lipinski definition) is 0. The molecule has 2 heteroatoms. The Balaban J connectivity index is 1.54. The minimum Gasteiger partial charge on any atom is -0.309 e. The van der Waals surface area contributed by atoms with E-state index in [4.69, 9.17) is 0 Å². The van der Waals surface area contributed by atoms with Gasteiger partial charge >= 0.3 is 0 Å². The SMILES string of the molecule is CCc1cc2ccc(CC)c3sc4ccc5c(ccc6c5c5cccc7cccc(c75)n6-c5ccccc5)c4c(c1)c23. The van der Waals surface area contributed by atoms with Gasteiger partial charge in [-0.1, -0.05) is 98.8 Å². The first-order valence-corrected chi connectivity index (χ1v) is 15.8. The summed E-state index contributed by atoms with van der Waals surface area (Å²) in [7, 11) is 0. The van der Waals surface area contributed by atoms with Crippen molar-refractivity contribution in [3.05, 3.63) is 126 Å². The number of para-hydroxylation sites is 1. The predicted octanol–water partition coefficient (Wildman–Crippen LogP) is 11.7. The summed E-state index contributed by atoms with van der Waals surface area (Å²) in [6, 6.07) is 43.4. The maximum absolute atomic E-state index is 2.47. The fourth-order valence-corrected chi connectivity index (χ4v) is 8.70. The fraction of sp³-hybridized carbons (Fsp3) is 0.100. The second-order valence-electron chi connectivity index (χ2n) is 11.4. The summed E-state index contributed by atoms with van der Waals surface area (Å²) in [6.07, 6.45) is 2.07. The van der Waals surface area contributed by atoms with E-state index in [1.54, 1.807) is 0 Å². The van der Waals surface area contributed by atoms with Gasteiger partial charge in [0.15, 0.2) is 0 Å². The number of hydrogen-bond acceptors (Lipinski definition) is 1. The lowest BCUT2D eigenvalue weighted by Crippen LogP contribution is -2.01. The molecule has 0 aliphatic heterocycles. The first kappa shape index (κ1) is 24.0. The van der Waals surface area contributed by atoms with Crippen molar-refractivity contribution in [1.29, 1.82) is 0 Å². The van der Waals surface area contributed by atoms with Crippen molar-refractivity contribution in [2.45, 2.75) is 26.7 Å². The minimum absolute atomic E-state index is 1.03. The standard InChI is InChI=1S/C40H29NS/c1-3-24-22-27-17-16-25(4-2)40-37(27)32(23-24)39-30-18-20-34-38(29(30)19-21-35(39)42-40)31-14-8-10-26-11-9-15-33(36(26)31)41(34)28-12-6-5-7-13-28/h5-23H,3-4H2,1-2H3. The van der Waals surface area contributed by atoms with Crippen LogP contribution in [0.3, 0.4) is 0 Å². The van der Waals surface area contributed by atoms with Crippen molar-refractivity contribution in [2.24, 2.45) is 0 Å². The van der Waals surface area contributed by atoms with Crippen molar-refractivity contribution in [3.8, 4) is 5.69 Å². The number of aromatic nitrogens is 1. The van der Waals surface area contributed by atoms with Gasteiger partial charge in [0, 0.05) is 36.6 Å². The van der Waals surface area contributed by atoms with Crippen LogP contribution in [0.1, 0.15) is 25.0 Å².